The van der Waals surface area contributed by atoms with Crippen molar-refractivity contribution in [3.8, 4) is 11.6 Å². The first-order chi connectivity index (χ1) is 6.81. The van der Waals surface area contributed by atoms with Crippen molar-refractivity contribution in [3.05, 3.63) is 17.8 Å². The lowest BCUT2D eigenvalue weighted by atomic mass is 10.2. The van der Waals surface area contributed by atoms with Gasteiger partial charge in [0.25, 0.3) is 0 Å². The summed E-state index contributed by atoms with van der Waals surface area (Å²) < 4.78 is 10.1. The minimum absolute atomic E-state index is 0.434. The molecule has 0 aliphatic carbocycles. The molecule has 0 aliphatic rings. The molecule has 14 heavy (non-hydrogen) atoms. The summed E-state index contributed by atoms with van der Waals surface area (Å²) in [4.78, 5) is 8.52. The van der Waals surface area contributed by atoms with Crippen molar-refractivity contribution in [2.75, 3.05) is 20.8 Å². The molecule has 5 heteroatoms. The van der Waals surface area contributed by atoms with Crippen LogP contribution in [-0.4, -0.2) is 25.8 Å². The number of pyridine rings is 1. The Balaban J connectivity index is 2.84. The quantitative estimate of drug-likeness (QED) is 0.699. The summed E-state index contributed by atoms with van der Waals surface area (Å²) >= 11 is 0. The normalized spacial score (nSPS) is 9.93. The van der Waals surface area contributed by atoms with Crippen LogP contribution in [0.5, 0.6) is 11.6 Å². The molecule has 0 aliphatic heterocycles. The van der Waals surface area contributed by atoms with E-state index in [4.69, 9.17) is 15.4 Å². The van der Waals surface area contributed by atoms with Crippen molar-refractivity contribution in [1.29, 1.82) is 0 Å². The molecule has 0 spiro atoms. The number of nitrogens with zero attached hydrogens (tertiary/aromatic N) is 1. The maximum Gasteiger partial charge on any atom is 0.213 e. The lowest BCUT2D eigenvalue weighted by molar-refractivity contribution is 0.140. The molecule has 1 aromatic rings. The number of rotatable bonds is 5. The Kier molecular flexibility index (Phi) is 4.15. The van der Waals surface area contributed by atoms with Crippen LogP contribution >= 0.6 is 0 Å². The van der Waals surface area contributed by atoms with Crippen LogP contribution in [0.1, 0.15) is 5.56 Å². The molecular weight excluding hydrogens is 184 g/mol. The van der Waals surface area contributed by atoms with Crippen molar-refractivity contribution in [2.24, 2.45) is 5.90 Å². The van der Waals surface area contributed by atoms with Gasteiger partial charge in [0.2, 0.25) is 5.88 Å². The first-order valence-electron chi connectivity index (χ1n) is 4.20. The standard InChI is InChI=1S/C9H14N2O3/c1-12-8-6-11-9(13-2)5-7(8)3-4-14-10/h5-6H,3-4,10H2,1-2H3. The molecule has 0 fully saturated rings. The summed E-state index contributed by atoms with van der Waals surface area (Å²) in [6, 6.07) is 1.80. The molecule has 0 saturated carbocycles. The summed E-state index contributed by atoms with van der Waals surface area (Å²) in [5.74, 6) is 6.22. The molecule has 0 radical (unpaired) electrons. The first-order valence-corrected chi connectivity index (χ1v) is 4.20. The molecule has 5 nitrogen and oxygen atoms in total. The van der Waals surface area contributed by atoms with Crippen molar-refractivity contribution in [2.45, 2.75) is 6.42 Å². The molecule has 0 atom stereocenters. The Hall–Kier alpha value is -1.33. The number of nitrogens with two attached hydrogens (primary N) is 1. The molecular formula is C9H14N2O3. The Labute approximate surface area is 82.7 Å². The number of methoxy groups -OCH3 is 2. The highest BCUT2D eigenvalue weighted by atomic mass is 16.6. The third-order valence-corrected chi connectivity index (χ3v) is 1.84. The minimum atomic E-state index is 0.434. The Morgan fingerprint density at radius 2 is 2.14 bits per heavy atom. The van der Waals surface area contributed by atoms with Gasteiger partial charge in [0.15, 0.2) is 0 Å². The number of aromatic nitrogens is 1. The van der Waals surface area contributed by atoms with Crippen LogP contribution in [0.2, 0.25) is 0 Å². The summed E-state index contributed by atoms with van der Waals surface area (Å²) in [6.07, 6.45) is 2.28. The predicted octanol–water partition coefficient (Wildman–Crippen LogP) is 0.532. The third-order valence-electron chi connectivity index (χ3n) is 1.84. The molecule has 2 N–H and O–H groups in total. The zero-order chi connectivity index (χ0) is 10.4. The molecule has 78 valence electrons. The van der Waals surface area contributed by atoms with Crippen molar-refractivity contribution < 1.29 is 14.3 Å². The van der Waals surface area contributed by atoms with E-state index in [0.717, 1.165) is 5.56 Å². The Morgan fingerprint density at radius 1 is 1.36 bits per heavy atom. The zero-order valence-corrected chi connectivity index (χ0v) is 8.32. The fourth-order valence-corrected chi connectivity index (χ4v) is 1.12. The molecule has 0 unspecified atom stereocenters. The molecule has 0 amide bonds. The van der Waals surface area contributed by atoms with Gasteiger partial charge in [0.05, 0.1) is 27.0 Å². The monoisotopic (exact) mass is 198 g/mol. The van der Waals surface area contributed by atoms with Crippen LogP contribution in [0.15, 0.2) is 12.3 Å². The van der Waals surface area contributed by atoms with E-state index in [1.54, 1.807) is 26.5 Å². The van der Waals surface area contributed by atoms with Gasteiger partial charge in [-0.3, -0.25) is 0 Å². The number of hydrogen-bond acceptors (Lipinski definition) is 5. The second-order valence-electron chi connectivity index (χ2n) is 2.66. The van der Waals surface area contributed by atoms with E-state index in [-0.39, 0.29) is 0 Å². The Bertz CT molecular complexity index is 291. The maximum atomic E-state index is 5.13. The zero-order valence-electron chi connectivity index (χ0n) is 8.32. The van der Waals surface area contributed by atoms with Crippen LogP contribution in [0.25, 0.3) is 0 Å². The first kappa shape index (κ1) is 10.7. The van der Waals surface area contributed by atoms with Crippen LogP contribution in [0.3, 0.4) is 0 Å². The summed E-state index contributed by atoms with van der Waals surface area (Å²) in [6.45, 7) is 0.434. The highest BCUT2D eigenvalue weighted by Crippen LogP contribution is 2.21. The van der Waals surface area contributed by atoms with Crippen molar-refractivity contribution in [3.63, 3.8) is 0 Å². The SMILES string of the molecule is COc1cc(CCON)c(OC)cn1. The van der Waals surface area contributed by atoms with E-state index >= 15 is 0 Å². The average Bonchev–Trinajstić information content (AvgIpc) is 2.25. The van der Waals surface area contributed by atoms with Crippen LogP contribution in [0, 0.1) is 0 Å². The highest BCUT2D eigenvalue weighted by Gasteiger charge is 2.05. The predicted molar refractivity (Wildman–Crippen MR) is 51.2 cm³/mol. The molecule has 1 aromatic heterocycles. The van der Waals surface area contributed by atoms with Crippen LogP contribution in [-0.2, 0) is 11.3 Å². The van der Waals surface area contributed by atoms with Crippen molar-refractivity contribution >= 4 is 0 Å². The summed E-state index contributed by atoms with van der Waals surface area (Å²) in [5.41, 5.74) is 0.963. The lowest BCUT2D eigenvalue weighted by Gasteiger charge is -2.08. The van der Waals surface area contributed by atoms with E-state index in [1.165, 1.54) is 0 Å². The Morgan fingerprint density at radius 3 is 2.71 bits per heavy atom. The van der Waals surface area contributed by atoms with E-state index in [9.17, 15) is 0 Å². The number of hydrogen-bond donors (Lipinski definition) is 1. The number of ether oxygens (including phenoxy) is 2. The van der Waals surface area contributed by atoms with Crippen LogP contribution < -0.4 is 15.4 Å². The van der Waals surface area contributed by atoms with Gasteiger partial charge in [-0.1, -0.05) is 0 Å². The molecule has 1 heterocycles. The van der Waals surface area contributed by atoms with Crippen molar-refractivity contribution in [1.82, 2.24) is 4.98 Å². The van der Waals surface area contributed by atoms with Gasteiger partial charge in [0.1, 0.15) is 5.75 Å². The largest absolute Gasteiger partial charge is 0.495 e. The molecule has 1 rings (SSSR count). The maximum absolute atomic E-state index is 5.13. The van der Waals surface area contributed by atoms with E-state index in [1.807, 2.05) is 0 Å². The fourth-order valence-electron chi connectivity index (χ4n) is 1.12. The van der Waals surface area contributed by atoms with Gasteiger partial charge in [-0.15, -0.1) is 0 Å². The second kappa shape index (κ2) is 5.41. The van der Waals surface area contributed by atoms with Gasteiger partial charge in [-0.2, -0.15) is 0 Å². The van der Waals surface area contributed by atoms with E-state index in [0.29, 0.717) is 24.7 Å². The smallest absolute Gasteiger partial charge is 0.213 e. The van der Waals surface area contributed by atoms with Gasteiger partial charge in [-0.25, -0.2) is 10.9 Å². The minimum Gasteiger partial charge on any atom is -0.495 e. The van der Waals surface area contributed by atoms with Gasteiger partial charge >= 0.3 is 0 Å². The topological polar surface area (TPSA) is 66.6 Å². The van der Waals surface area contributed by atoms with E-state index < -0.39 is 0 Å². The van der Waals surface area contributed by atoms with Crippen LogP contribution in [0.4, 0.5) is 0 Å². The second-order valence-corrected chi connectivity index (χ2v) is 2.66. The summed E-state index contributed by atoms with van der Waals surface area (Å²) in [7, 11) is 3.16. The lowest BCUT2D eigenvalue weighted by Crippen LogP contribution is -2.05. The molecule has 0 aromatic carbocycles. The third kappa shape index (κ3) is 2.58. The molecule has 0 saturated heterocycles. The average molecular weight is 198 g/mol. The van der Waals surface area contributed by atoms with Gasteiger partial charge < -0.3 is 14.3 Å². The fraction of sp³-hybridized carbons (Fsp3) is 0.444. The van der Waals surface area contributed by atoms with Gasteiger partial charge in [0, 0.05) is 18.1 Å². The molecule has 0 bridgehead atoms. The summed E-state index contributed by atoms with van der Waals surface area (Å²) in [5, 5.41) is 0. The van der Waals surface area contributed by atoms with E-state index in [2.05, 4.69) is 9.82 Å². The van der Waals surface area contributed by atoms with Gasteiger partial charge in [-0.05, 0) is 0 Å². The highest BCUT2D eigenvalue weighted by molar-refractivity contribution is 5.34.